The van der Waals surface area contributed by atoms with Crippen LogP contribution in [0.2, 0.25) is 0 Å². The van der Waals surface area contributed by atoms with Gasteiger partial charge in [0.1, 0.15) is 0 Å². The van der Waals surface area contributed by atoms with Gasteiger partial charge >= 0.3 is 0 Å². The fourth-order valence-corrected chi connectivity index (χ4v) is 3.07. The van der Waals surface area contributed by atoms with Crippen molar-refractivity contribution < 1.29 is 5.11 Å². The van der Waals surface area contributed by atoms with Crippen LogP contribution in [0, 0.1) is 5.92 Å². The Morgan fingerprint density at radius 3 is 2.36 bits per heavy atom. The van der Waals surface area contributed by atoms with Crippen LogP contribution in [0.15, 0.2) is 0 Å². The predicted molar refractivity (Wildman–Crippen MR) is 58.2 cm³/mol. The van der Waals surface area contributed by atoms with Crippen molar-refractivity contribution in [2.24, 2.45) is 5.92 Å². The van der Waals surface area contributed by atoms with Crippen LogP contribution in [-0.2, 0) is 0 Å². The molecule has 2 aliphatic rings. The van der Waals surface area contributed by atoms with Crippen LogP contribution >= 0.6 is 0 Å². The average molecular weight is 197 g/mol. The van der Waals surface area contributed by atoms with Gasteiger partial charge in [-0.05, 0) is 44.9 Å². The van der Waals surface area contributed by atoms with E-state index < -0.39 is 0 Å². The van der Waals surface area contributed by atoms with Crippen LogP contribution in [0.1, 0.15) is 51.9 Å². The van der Waals surface area contributed by atoms with Gasteiger partial charge in [-0.1, -0.05) is 12.8 Å². The summed E-state index contributed by atoms with van der Waals surface area (Å²) in [5, 5.41) is 13.3. The highest BCUT2D eigenvalue weighted by Gasteiger charge is 2.29. The highest BCUT2D eigenvalue weighted by atomic mass is 16.3. The SMILES string of the molecule is C[C@H](N[C@H]1CCC[C@@H]1O)C1CCCC1. The van der Waals surface area contributed by atoms with Crippen LogP contribution < -0.4 is 5.32 Å². The lowest BCUT2D eigenvalue weighted by Crippen LogP contribution is -2.44. The zero-order valence-electron chi connectivity index (χ0n) is 9.21. The van der Waals surface area contributed by atoms with Gasteiger partial charge in [-0.15, -0.1) is 0 Å². The van der Waals surface area contributed by atoms with Gasteiger partial charge < -0.3 is 10.4 Å². The van der Waals surface area contributed by atoms with Crippen molar-refractivity contribution in [3.8, 4) is 0 Å². The Labute approximate surface area is 87.1 Å². The first-order chi connectivity index (χ1) is 6.77. The van der Waals surface area contributed by atoms with Crippen molar-refractivity contribution in [2.75, 3.05) is 0 Å². The molecule has 0 spiro atoms. The number of hydrogen-bond acceptors (Lipinski definition) is 2. The van der Waals surface area contributed by atoms with Crippen LogP contribution in [0.5, 0.6) is 0 Å². The molecule has 2 fully saturated rings. The Hall–Kier alpha value is -0.0800. The molecule has 3 atom stereocenters. The minimum atomic E-state index is -0.0844. The number of aliphatic hydroxyl groups is 1. The molecule has 2 aliphatic carbocycles. The Balaban J connectivity index is 1.78. The van der Waals surface area contributed by atoms with Crippen LogP contribution in [0.25, 0.3) is 0 Å². The van der Waals surface area contributed by atoms with E-state index in [4.69, 9.17) is 0 Å². The van der Waals surface area contributed by atoms with Crippen LogP contribution in [-0.4, -0.2) is 23.3 Å². The Bertz CT molecular complexity index is 177. The second-order valence-corrected chi connectivity index (χ2v) is 5.10. The van der Waals surface area contributed by atoms with Crippen molar-refractivity contribution in [2.45, 2.75) is 70.1 Å². The molecule has 0 bridgehead atoms. The Morgan fingerprint density at radius 2 is 1.79 bits per heavy atom. The highest BCUT2D eigenvalue weighted by molar-refractivity contribution is 4.87. The van der Waals surface area contributed by atoms with E-state index in [1.807, 2.05) is 0 Å². The zero-order chi connectivity index (χ0) is 9.97. The molecule has 2 N–H and O–H groups in total. The lowest BCUT2D eigenvalue weighted by molar-refractivity contribution is 0.138. The van der Waals surface area contributed by atoms with E-state index >= 15 is 0 Å². The Morgan fingerprint density at radius 1 is 1.07 bits per heavy atom. The van der Waals surface area contributed by atoms with Gasteiger partial charge in [0, 0.05) is 12.1 Å². The van der Waals surface area contributed by atoms with Crippen molar-refractivity contribution in [1.82, 2.24) is 5.32 Å². The van der Waals surface area contributed by atoms with Gasteiger partial charge in [0.25, 0.3) is 0 Å². The summed E-state index contributed by atoms with van der Waals surface area (Å²) in [6, 6.07) is 0.987. The summed E-state index contributed by atoms with van der Waals surface area (Å²) in [6.45, 7) is 2.29. The number of rotatable bonds is 3. The van der Waals surface area contributed by atoms with Gasteiger partial charge in [-0.3, -0.25) is 0 Å². The molecule has 82 valence electrons. The van der Waals surface area contributed by atoms with E-state index in [1.54, 1.807) is 0 Å². The maximum Gasteiger partial charge on any atom is 0.0693 e. The predicted octanol–water partition coefficient (Wildman–Crippen LogP) is 2.07. The third-order valence-electron chi connectivity index (χ3n) is 4.06. The first-order valence-electron chi connectivity index (χ1n) is 6.21. The van der Waals surface area contributed by atoms with Gasteiger partial charge in [-0.2, -0.15) is 0 Å². The molecule has 0 aromatic carbocycles. The van der Waals surface area contributed by atoms with Crippen molar-refractivity contribution in [3.63, 3.8) is 0 Å². The third kappa shape index (κ3) is 2.29. The highest BCUT2D eigenvalue weighted by Crippen LogP contribution is 2.29. The zero-order valence-corrected chi connectivity index (χ0v) is 9.21. The molecule has 2 saturated carbocycles. The normalized spacial score (nSPS) is 36.4. The van der Waals surface area contributed by atoms with E-state index in [0.717, 1.165) is 18.8 Å². The molecule has 14 heavy (non-hydrogen) atoms. The van der Waals surface area contributed by atoms with E-state index in [2.05, 4.69) is 12.2 Å². The largest absolute Gasteiger partial charge is 0.392 e. The van der Waals surface area contributed by atoms with Crippen molar-refractivity contribution in [3.05, 3.63) is 0 Å². The quantitative estimate of drug-likeness (QED) is 0.726. The standard InChI is InChI=1S/C12H23NO/c1-9(10-5-2-3-6-10)13-11-7-4-8-12(11)14/h9-14H,2-8H2,1H3/t9-,11-,12-/m0/s1. The summed E-state index contributed by atoms with van der Waals surface area (Å²) in [7, 11) is 0. The summed E-state index contributed by atoms with van der Waals surface area (Å²) in [4.78, 5) is 0. The lowest BCUT2D eigenvalue weighted by Gasteiger charge is -2.26. The Kier molecular flexibility index (Phi) is 3.45. The molecular weight excluding hydrogens is 174 g/mol. The minimum Gasteiger partial charge on any atom is -0.392 e. The molecule has 0 aliphatic heterocycles. The third-order valence-corrected chi connectivity index (χ3v) is 4.06. The molecule has 0 heterocycles. The molecule has 2 heteroatoms. The summed E-state index contributed by atoms with van der Waals surface area (Å²) in [6.07, 6.45) is 8.85. The second-order valence-electron chi connectivity index (χ2n) is 5.10. The fourth-order valence-electron chi connectivity index (χ4n) is 3.07. The van der Waals surface area contributed by atoms with Crippen LogP contribution in [0.4, 0.5) is 0 Å². The monoisotopic (exact) mass is 197 g/mol. The molecule has 0 aromatic heterocycles. The van der Waals surface area contributed by atoms with E-state index in [1.165, 1.54) is 32.1 Å². The molecular formula is C12H23NO. The molecule has 0 unspecified atom stereocenters. The number of hydrogen-bond donors (Lipinski definition) is 2. The van der Waals surface area contributed by atoms with Gasteiger partial charge in [0.2, 0.25) is 0 Å². The fraction of sp³-hybridized carbons (Fsp3) is 1.00. The van der Waals surface area contributed by atoms with E-state index in [9.17, 15) is 5.11 Å². The topological polar surface area (TPSA) is 32.3 Å². The lowest BCUT2D eigenvalue weighted by atomic mass is 9.98. The summed E-state index contributed by atoms with van der Waals surface area (Å²) in [5.41, 5.74) is 0. The molecule has 2 nitrogen and oxygen atoms in total. The summed E-state index contributed by atoms with van der Waals surface area (Å²) in [5.74, 6) is 0.864. The smallest absolute Gasteiger partial charge is 0.0693 e. The maximum atomic E-state index is 9.72. The molecule has 2 rings (SSSR count). The first kappa shape index (κ1) is 10.4. The van der Waals surface area contributed by atoms with Gasteiger partial charge in [0.05, 0.1) is 6.10 Å². The van der Waals surface area contributed by atoms with Gasteiger partial charge in [-0.25, -0.2) is 0 Å². The second kappa shape index (κ2) is 4.63. The maximum absolute atomic E-state index is 9.72. The molecule has 0 amide bonds. The van der Waals surface area contributed by atoms with Crippen LogP contribution in [0.3, 0.4) is 0 Å². The number of aliphatic hydroxyl groups excluding tert-OH is 1. The van der Waals surface area contributed by atoms with E-state index in [-0.39, 0.29) is 6.10 Å². The molecule has 0 aromatic rings. The van der Waals surface area contributed by atoms with Crippen molar-refractivity contribution in [1.29, 1.82) is 0 Å². The molecule has 0 saturated heterocycles. The molecule has 0 radical (unpaired) electrons. The summed E-state index contributed by atoms with van der Waals surface area (Å²) < 4.78 is 0. The van der Waals surface area contributed by atoms with E-state index in [0.29, 0.717) is 12.1 Å². The number of nitrogens with one attached hydrogen (secondary N) is 1. The average Bonchev–Trinajstić information content (AvgIpc) is 2.77. The van der Waals surface area contributed by atoms with Crippen molar-refractivity contribution >= 4 is 0 Å². The first-order valence-corrected chi connectivity index (χ1v) is 6.21. The summed E-state index contributed by atoms with van der Waals surface area (Å²) >= 11 is 0. The minimum absolute atomic E-state index is 0.0844. The van der Waals surface area contributed by atoms with Gasteiger partial charge in [0.15, 0.2) is 0 Å².